The van der Waals surface area contributed by atoms with Crippen molar-refractivity contribution in [3.05, 3.63) is 47.0 Å². The minimum Gasteiger partial charge on any atom is -0.495 e. The van der Waals surface area contributed by atoms with E-state index in [0.29, 0.717) is 41.0 Å². The maximum atomic E-state index is 13.5. The summed E-state index contributed by atoms with van der Waals surface area (Å²) in [5.41, 5.74) is 1.60. The van der Waals surface area contributed by atoms with Crippen LogP contribution in [0.15, 0.2) is 36.4 Å². The highest BCUT2D eigenvalue weighted by Gasteiger charge is 2.41. The Morgan fingerprint density at radius 1 is 1.00 bits per heavy atom. The van der Waals surface area contributed by atoms with Crippen molar-refractivity contribution in [1.29, 1.82) is 0 Å². The fraction of sp³-hybridized carbons (Fsp3) is 0.417. The lowest BCUT2D eigenvalue weighted by molar-refractivity contribution is -0.136. The number of likely N-dealkylation sites (tertiary alicyclic amines) is 1. The number of nitrogens with zero attached hydrogens (tertiary/aromatic N) is 2. The van der Waals surface area contributed by atoms with Crippen LogP contribution >= 0.6 is 11.6 Å². The fourth-order valence-electron chi connectivity index (χ4n) is 4.65. The summed E-state index contributed by atoms with van der Waals surface area (Å²) in [4.78, 5) is 29.8. The number of ether oxygens (including phenoxy) is 3. The lowest BCUT2D eigenvalue weighted by Gasteiger charge is -2.28. The van der Waals surface area contributed by atoms with Crippen LogP contribution in [0, 0.1) is 5.92 Å². The third-order valence-corrected chi connectivity index (χ3v) is 6.47. The van der Waals surface area contributed by atoms with Gasteiger partial charge in [-0.15, -0.1) is 0 Å². The SMILES string of the molecule is COc1ccc([C@@H]2CCCN2C(=O)[C@H]2CC(=O)N(c3cc(Cl)ccc3OC)C2)cc1OC. The minimum atomic E-state index is -0.410. The van der Waals surface area contributed by atoms with E-state index in [1.54, 1.807) is 44.4 Å². The number of amides is 2. The molecule has 32 heavy (non-hydrogen) atoms. The number of carbonyl (C=O) groups is 2. The third-order valence-electron chi connectivity index (χ3n) is 6.23. The maximum Gasteiger partial charge on any atom is 0.228 e. The van der Waals surface area contributed by atoms with Crippen LogP contribution in [0.5, 0.6) is 17.2 Å². The van der Waals surface area contributed by atoms with Crippen LogP contribution in [0.4, 0.5) is 5.69 Å². The summed E-state index contributed by atoms with van der Waals surface area (Å²) >= 11 is 6.15. The van der Waals surface area contributed by atoms with Gasteiger partial charge in [-0.2, -0.15) is 0 Å². The largest absolute Gasteiger partial charge is 0.495 e. The van der Waals surface area contributed by atoms with E-state index in [2.05, 4.69) is 0 Å². The Morgan fingerprint density at radius 2 is 1.72 bits per heavy atom. The van der Waals surface area contributed by atoms with Crippen LogP contribution in [-0.4, -0.2) is 51.1 Å². The van der Waals surface area contributed by atoms with Crippen LogP contribution in [0.3, 0.4) is 0 Å². The van der Waals surface area contributed by atoms with Gasteiger partial charge in [0.15, 0.2) is 11.5 Å². The molecule has 0 aliphatic carbocycles. The van der Waals surface area contributed by atoms with Crippen LogP contribution in [0.25, 0.3) is 0 Å². The number of hydrogen-bond donors (Lipinski definition) is 0. The number of anilines is 1. The topological polar surface area (TPSA) is 68.3 Å². The molecule has 4 rings (SSSR count). The minimum absolute atomic E-state index is 0.000806. The van der Waals surface area contributed by atoms with Crippen molar-refractivity contribution in [3.63, 3.8) is 0 Å². The second-order valence-corrected chi connectivity index (χ2v) is 8.46. The van der Waals surface area contributed by atoms with Crippen molar-refractivity contribution in [1.82, 2.24) is 4.90 Å². The summed E-state index contributed by atoms with van der Waals surface area (Å²) in [6.07, 6.45) is 1.95. The first-order valence-electron chi connectivity index (χ1n) is 10.6. The average molecular weight is 459 g/mol. The second kappa shape index (κ2) is 9.28. The molecule has 0 bridgehead atoms. The standard InChI is InChI=1S/C24H27ClN2O5/c1-30-20-9-7-17(25)13-19(20)27-14-16(12-23(27)28)24(29)26-10-4-5-18(26)15-6-8-21(31-2)22(11-15)32-3/h6-9,11,13,16,18H,4-5,10,12,14H2,1-3H3/t16-,18-/m0/s1. The zero-order valence-electron chi connectivity index (χ0n) is 18.5. The Hall–Kier alpha value is -2.93. The fourth-order valence-corrected chi connectivity index (χ4v) is 4.82. The Kier molecular flexibility index (Phi) is 6.46. The van der Waals surface area contributed by atoms with Gasteiger partial charge in [0.25, 0.3) is 0 Å². The smallest absolute Gasteiger partial charge is 0.228 e. The lowest BCUT2D eigenvalue weighted by Crippen LogP contribution is -2.37. The van der Waals surface area contributed by atoms with Gasteiger partial charge in [-0.3, -0.25) is 9.59 Å². The van der Waals surface area contributed by atoms with E-state index in [1.165, 1.54) is 0 Å². The van der Waals surface area contributed by atoms with E-state index in [-0.39, 0.29) is 24.3 Å². The summed E-state index contributed by atoms with van der Waals surface area (Å²) < 4.78 is 16.2. The van der Waals surface area contributed by atoms with Crippen molar-refractivity contribution in [2.75, 3.05) is 39.3 Å². The van der Waals surface area contributed by atoms with Gasteiger partial charge in [0.2, 0.25) is 11.8 Å². The van der Waals surface area contributed by atoms with E-state index in [4.69, 9.17) is 25.8 Å². The van der Waals surface area contributed by atoms with Gasteiger partial charge in [0.1, 0.15) is 5.75 Å². The number of carbonyl (C=O) groups excluding carboxylic acids is 2. The monoisotopic (exact) mass is 458 g/mol. The predicted molar refractivity (Wildman–Crippen MR) is 122 cm³/mol. The number of benzene rings is 2. The number of hydrogen-bond acceptors (Lipinski definition) is 5. The molecule has 0 radical (unpaired) electrons. The molecule has 0 aromatic heterocycles. The third kappa shape index (κ3) is 4.09. The highest BCUT2D eigenvalue weighted by molar-refractivity contribution is 6.31. The second-order valence-electron chi connectivity index (χ2n) is 8.03. The number of halogens is 1. The molecule has 2 atom stereocenters. The van der Waals surface area contributed by atoms with E-state index >= 15 is 0 Å². The van der Waals surface area contributed by atoms with Crippen molar-refractivity contribution < 1.29 is 23.8 Å². The summed E-state index contributed by atoms with van der Waals surface area (Å²) in [7, 11) is 4.75. The number of rotatable bonds is 6. The Morgan fingerprint density at radius 3 is 2.44 bits per heavy atom. The van der Waals surface area contributed by atoms with Crippen molar-refractivity contribution in [2.24, 2.45) is 5.92 Å². The summed E-state index contributed by atoms with van der Waals surface area (Å²) in [6, 6.07) is 10.9. The molecule has 2 heterocycles. The molecular formula is C24H27ClN2O5. The van der Waals surface area contributed by atoms with E-state index in [1.807, 2.05) is 23.1 Å². The first-order chi connectivity index (χ1) is 15.5. The van der Waals surface area contributed by atoms with E-state index in [0.717, 1.165) is 18.4 Å². The molecule has 0 N–H and O–H groups in total. The molecule has 170 valence electrons. The van der Waals surface area contributed by atoms with Gasteiger partial charge in [0.05, 0.1) is 39.0 Å². The van der Waals surface area contributed by atoms with Crippen LogP contribution in [0.2, 0.25) is 5.02 Å². The molecule has 2 aromatic rings. The van der Waals surface area contributed by atoms with E-state index in [9.17, 15) is 9.59 Å². The first-order valence-corrected chi connectivity index (χ1v) is 11.0. The molecule has 8 heteroatoms. The first kappa shape index (κ1) is 22.3. The van der Waals surface area contributed by atoms with Crippen LogP contribution in [0.1, 0.15) is 30.9 Å². The molecule has 2 amide bonds. The zero-order valence-corrected chi connectivity index (χ0v) is 19.2. The molecule has 7 nitrogen and oxygen atoms in total. The Balaban J connectivity index is 1.54. The Labute approximate surface area is 192 Å². The quantitative estimate of drug-likeness (QED) is 0.652. The van der Waals surface area contributed by atoms with Gasteiger partial charge in [0, 0.05) is 24.5 Å². The normalized spacial score (nSPS) is 20.6. The molecule has 2 saturated heterocycles. The Bertz CT molecular complexity index is 1030. The maximum absolute atomic E-state index is 13.5. The molecule has 2 aliphatic heterocycles. The van der Waals surface area contributed by atoms with Crippen molar-refractivity contribution in [2.45, 2.75) is 25.3 Å². The summed E-state index contributed by atoms with van der Waals surface area (Å²) in [5.74, 6) is 1.33. The van der Waals surface area contributed by atoms with Crippen LogP contribution in [-0.2, 0) is 9.59 Å². The van der Waals surface area contributed by atoms with Gasteiger partial charge in [-0.1, -0.05) is 17.7 Å². The molecule has 0 spiro atoms. The van der Waals surface area contributed by atoms with Gasteiger partial charge in [-0.05, 0) is 48.7 Å². The molecule has 2 aliphatic rings. The van der Waals surface area contributed by atoms with Crippen LogP contribution < -0.4 is 19.1 Å². The predicted octanol–water partition coefficient (Wildman–Crippen LogP) is 4.08. The average Bonchev–Trinajstić information content (AvgIpc) is 3.45. The van der Waals surface area contributed by atoms with Crippen molar-refractivity contribution in [3.8, 4) is 17.2 Å². The van der Waals surface area contributed by atoms with Gasteiger partial charge in [-0.25, -0.2) is 0 Å². The molecular weight excluding hydrogens is 432 g/mol. The highest BCUT2D eigenvalue weighted by atomic mass is 35.5. The van der Waals surface area contributed by atoms with Gasteiger partial charge < -0.3 is 24.0 Å². The summed E-state index contributed by atoms with van der Waals surface area (Å²) in [5, 5.41) is 0.511. The highest BCUT2D eigenvalue weighted by Crippen LogP contribution is 2.40. The molecule has 2 aromatic carbocycles. The lowest BCUT2D eigenvalue weighted by atomic mass is 10.0. The molecule has 0 unspecified atom stereocenters. The molecule has 2 fully saturated rings. The van der Waals surface area contributed by atoms with E-state index < -0.39 is 5.92 Å². The van der Waals surface area contributed by atoms with Gasteiger partial charge >= 0.3 is 0 Å². The zero-order chi connectivity index (χ0) is 22.8. The van der Waals surface area contributed by atoms with Crippen molar-refractivity contribution >= 4 is 29.1 Å². The summed E-state index contributed by atoms with van der Waals surface area (Å²) in [6.45, 7) is 0.979. The number of methoxy groups -OCH3 is 3. The molecule has 0 saturated carbocycles.